The molecule has 0 spiro atoms. The molecule has 0 aliphatic heterocycles. The van der Waals surface area contributed by atoms with Gasteiger partial charge in [0, 0.05) is 10.8 Å². The van der Waals surface area contributed by atoms with E-state index in [0.717, 1.165) is 38.5 Å². The summed E-state index contributed by atoms with van der Waals surface area (Å²) in [6, 6.07) is 0. The number of carbonyl (C=O) groups excluding carboxylic acids is 1. The molecular formula is C30H42O4. The van der Waals surface area contributed by atoms with E-state index in [1.807, 2.05) is 26.8 Å². The lowest BCUT2D eigenvalue weighted by Gasteiger charge is -2.67. The molecule has 34 heavy (non-hydrogen) atoms. The van der Waals surface area contributed by atoms with Gasteiger partial charge >= 0.3 is 5.97 Å². The molecule has 5 aliphatic rings. The van der Waals surface area contributed by atoms with Crippen LogP contribution in [0.4, 0.5) is 0 Å². The molecule has 0 amide bonds. The maximum absolute atomic E-state index is 12.9. The molecule has 0 unspecified atom stereocenters. The number of ketones is 1. The number of carboxylic acids is 1. The normalized spacial score (nSPS) is 49.4. The molecule has 0 aromatic carbocycles. The van der Waals surface area contributed by atoms with Crippen LogP contribution in [0.25, 0.3) is 0 Å². The van der Waals surface area contributed by atoms with Gasteiger partial charge in [-0.3, -0.25) is 9.59 Å². The number of aliphatic hydroxyl groups is 1. The molecule has 5 rings (SSSR count). The quantitative estimate of drug-likeness (QED) is 0.435. The monoisotopic (exact) mass is 466 g/mol. The maximum Gasteiger partial charge on any atom is 0.309 e. The average molecular weight is 467 g/mol. The molecule has 0 aromatic heterocycles. The highest BCUT2D eigenvalue weighted by Gasteiger charge is 2.66. The summed E-state index contributed by atoms with van der Waals surface area (Å²) in [5.74, 6) is -0.488. The number of rotatable bonds is 1. The highest BCUT2D eigenvalue weighted by molar-refractivity contribution is 5.98. The van der Waals surface area contributed by atoms with Crippen molar-refractivity contribution >= 4 is 11.8 Å². The predicted octanol–water partition coefficient (Wildman–Crippen LogP) is 7.02. The van der Waals surface area contributed by atoms with Crippen LogP contribution in [-0.4, -0.2) is 22.0 Å². The number of aliphatic hydroxyl groups excluding tert-OH is 1. The van der Waals surface area contributed by atoms with Crippen molar-refractivity contribution < 1.29 is 19.8 Å². The Bertz CT molecular complexity index is 1080. The van der Waals surface area contributed by atoms with Crippen molar-refractivity contribution in [3.63, 3.8) is 0 Å². The van der Waals surface area contributed by atoms with Gasteiger partial charge in [-0.05, 0) is 91.6 Å². The van der Waals surface area contributed by atoms with Gasteiger partial charge in [-0.25, -0.2) is 0 Å². The van der Waals surface area contributed by atoms with E-state index in [1.165, 1.54) is 11.1 Å². The summed E-state index contributed by atoms with van der Waals surface area (Å²) in [6.07, 6.45) is 13.1. The number of fused-ring (bicyclic) bond motifs is 6. The van der Waals surface area contributed by atoms with Crippen LogP contribution in [0.5, 0.6) is 0 Å². The molecule has 4 heteroatoms. The SMILES string of the molecule is CC1(C)C(=O)C(O)=C[C@]2(C)[C@H]3C=CC4=C5C[C@@](C)(C(=O)O)CC[C@]5(C)CC[C@@]4(C)[C@]3(C)CC[C@@H]12. The van der Waals surface area contributed by atoms with Gasteiger partial charge in [0.05, 0.1) is 5.41 Å². The molecular weight excluding hydrogens is 424 g/mol. The Morgan fingerprint density at radius 1 is 0.971 bits per heavy atom. The molecule has 0 saturated heterocycles. The third-order valence-corrected chi connectivity index (χ3v) is 12.0. The fourth-order valence-electron chi connectivity index (χ4n) is 9.37. The van der Waals surface area contributed by atoms with Gasteiger partial charge < -0.3 is 10.2 Å². The number of Topliss-reactive ketones (excluding diaryl/α,β-unsaturated/α-hetero) is 1. The van der Waals surface area contributed by atoms with Crippen LogP contribution in [0.15, 0.2) is 35.1 Å². The topological polar surface area (TPSA) is 74.6 Å². The fraction of sp³-hybridized carbons (Fsp3) is 0.733. The van der Waals surface area contributed by atoms with Gasteiger partial charge in [0.25, 0.3) is 0 Å². The lowest BCUT2D eigenvalue weighted by atomic mass is 9.36. The Hall–Kier alpha value is -1.84. The van der Waals surface area contributed by atoms with Gasteiger partial charge in [0.1, 0.15) is 0 Å². The van der Waals surface area contributed by atoms with Gasteiger partial charge in [0.15, 0.2) is 5.76 Å². The Kier molecular flexibility index (Phi) is 4.69. The molecule has 186 valence electrons. The number of aliphatic carboxylic acids is 1. The third-order valence-electron chi connectivity index (χ3n) is 12.0. The minimum Gasteiger partial charge on any atom is -0.505 e. The lowest BCUT2D eigenvalue weighted by Crippen LogP contribution is -2.61. The summed E-state index contributed by atoms with van der Waals surface area (Å²) in [6.45, 7) is 15.4. The van der Waals surface area contributed by atoms with E-state index in [1.54, 1.807) is 0 Å². The molecule has 0 radical (unpaired) electrons. The van der Waals surface area contributed by atoms with E-state index < -0.39 is 16.8 Å². The van der Waals surface area contributed by atoms with E-state index in [4.69, 9.17) is 0 Å². The number of hydrogen-bond donors (Lipinski definition) is 2. The highest BCUT2D eigenvalue weighted by atomic mass is 16.4. The molecule has 5 aliphatic carbocycles. The zero-order valence-corrected chi connectivity index (χ0v) is 22.0. The van der Waals surface area contributed by atoms with Crippen molar-refractivity contribution in [1.82, 2.24) is 0 Å². The summed E-state index contributed by atoms with van der Waals surface area (Å²) in [5.41, 5.74) is 1.18. The summed E-state index contributed by atoms with van der Waals surface area (Å²) < 4.78 is 0. The van der Waals surface area contributed by atoms with Crippen molar-refractivity contribution in [1.29, 1.82) is 0 Å². The second kappa shape index (κ2) is 6.68. The number of carbonyl (C=O) groups is 2. The Balaban J connectivity index is 1.69. The molecule has 4 nitrogen and oxygen atoms in total. The molecule has 7 atom stereocenters. The zero-order chi connectivity index (χ0) is 25.1. The highest BCUT2D eigenvalue weighted by Crippen LogP contribution is 2.73. The molecule has 2 fully saturated rings. The Morgan fingerprint density at radius 3 is 2.26 bits per heavy atom. The van der Waals surface area contributed by atoms with Crippen LogP contribution in [0.2, 0.25) is 0 Å². The van der Waals surface area contributed by atoms with E-state index >= 15 is 0 Å². The lowest BCUT2D eigenvalue weighted by molar-refractivity contribution is -0.152. The van der Waals surface area contributed by atoms with E-state index in [9.17, 15) is 19.8 Å². The molecule has 0 heterocycles. The van der Waals surface area contributed by atoms with Gasteiger partial charge in [0.2, 0.25) is 5.78 Å². The number of allylic oxidation sites excluding steroid dienone is 6. The number of carboxylic acid groups (broad SMARTS) is 1. The second-order valence-electron chi connectivity index (χ2n) is 14.1. The van der Waals surface area contributed by atoms with Crippen LogP contribution in [-0.2, 0) is 9.59 Å². The first kappa shape index (κ1) is 23.9. The molecule has 0 aromatic rings. The van der Waals surface area contributed by atoms with E-state index in [2.05, 4.69) is 39.8 Å². The zero-order valence-electron chi connectivity index (χ0n) is 22.0. The van der Waals surface area contributed by atoms with Gasteiger partial charge in [-0.15, -0.1) is 0 Å². The predicted molar refractivity (Wildman–Crippen MR) is 133 cm³/mol. The Morgan fingerprint density at radius 2 is 1.62 bits per heavy atom. The minimum atomic E-state index is -0.697. The van der Waals surface area contributed by atoms with Crippen molar-refractivity contribution in [3.05, 3.63) is 35.1 Å². The second-order valence-corrected chi connectivity index (χ2v) is 14.1. The van der Waals surface area contributed by atoms with Crippen LogP contribution in [0.1, 0.15) is 93.4 Å². The van der Waals surface area contributed by atoms with Crippen LogP contribution in [0, 0.1) is 44.3 Å². The van der Waals surface area contributed by atoms with E-state index in [-0.39, 0.29) is 45.0 Å². The third kappa shape index (κ3) is 2.66. The summed E-state index contributed by atoms with van der Waals surface area (Å²) in [7, 11) is 0. The van der Waals surface area contributed by atoms with Gasteiger partial charge in [-0.1, -0.05) is 59.3 Å². The van der Waals surface area contributed by atoms with Crippen molar-refractivity contribution in [2.24, 2.45) is 44.3 Å². The first-order valence-corrected chi connectivity index (χ1v) is 13.2. The average Bonchev–Trinajstić information content (AvgIpc) is 2.74. The summed E-state index contributed by atoms with van der Waals surface area (Å²) >= 11 is 0. The van der Waals surface area contributed by atoms with Crippen LogP contribution >= 0.6 is 0 Å². The summed E-state index contributed by atoms with van der Waals surface area (Å²) in [4.78, 5) is 25.1. The largest absolute Gasteiger partial charge is 0.505 e. The Labute approximate surface area is 204 Å². The van der Waals surface area contributed by atoms with Crippen molar-refractivity contribution in [3.8, 4) is 0 Å². The van der Waals surface area contributed by atoms with Crippen LogP contribution in [0.3, 0.4) is 0 Å². The molecule has 2 saturated carbocycles. The molecule has 0 bridgehead atoms. The van der Waals surface area contributed by atoms with Crippen molar-refractivity contribution in [2.75, 3.05) is 0 Å². The van der Waals surface area contributed by atoms with E-state index in [0.29, 0.717) is 6.42 Å². The smallest absolute Gasteiger partial charge is 0.309 e. The maximum atomic E-state index is 12.9. The van der Waals surface area contributed by atoms with Crippen LogP contribution < -0.4 is 0 Å². The summed E-state index contributed by atoms with van der Waals surface area (Å²) in [5, 5.41) is 20.7. The van der Waals surface area contributed by atoms with Crippen molar-refractivity contribution in [2.45, 2.75) is 93.4 Å². The van der Waals surface area contributed by atoms with Gasteiger partial charge in [-0.2, -0.15) is 0 Å². The fourth-order valence-corrected chi connectivity index (χ4v) is 9.37. The molecule has 2 N–H and O–H groups in total. The first-order valence-electron chi connectivity index (χ1n) is 13.2. The number of hydrogen-bond acceptors (Lipinski definition) is 3. The standard InChI is InChI=1S/C30H42O4/c1-25(2)21-10-11-30(7)22(28(21,5)17-20(31)23(25)32)9-8-18-19-16-27(4,24(33)34)13-12-26(19,3)14-15-29(18,30)6/h8-9,17,21-22,31H,10-16H2,1-7H3,(H,33,34)/t21-,22+,26+,27-,28-,29+,30+/m0/s1. The minimum absolute atomic E-state index is 0.0268. The first-order chi connectivity index (χ1) is 15.6.